The van der Waals surface area contributed by atoms with Gasteiger partial charge in [-0.05, 0) is 26.7 Å². The minimum Gasteiger partial charge on any atom is -0.377 e. The third-order valence-corrected chi connectivity index (χ3v) is 2.80. The van der Waals surface area contributed by atoms with Crippen LogP contribution in [0.25, 0.3) is 0 Å². The Morgan fingerprint density at radius 1 is 0.929 bits per heavy atom. The average Bonchev–Trinajstić information content (AvgIpc) is 2.18. The fourth-order valence-corrected chi connectivity index (χ4v) is 2.03. The molecule has 1 aliphatic rings. The molecule has 0 spiro atoms. The maximum absolute atomic E-state index is 6.00. The van der Waals surface area contributed by atoms with Crippen LogP contribution in [0.5, 0.6) is 0 Å². The summed E-state index contributed by atoms with van der Waals surface area (Å²) in [6.07, 6.45) is 2.11. The molecule has 0 aliphatic heterocycles. The summed E-state index contributed by atoms with van der Waals surface area (Å²) < 4.78 is 11.1. The van der Waals surface area contributed by atoms with Gasteiger partial charge in [-0.25, -0.2) is 0 Å². The van der Waals surface area contributed by atoms with Gasteiger partial charge in [-0.2, -0.15) is 0 Å². The number of hydrogen-bond donors (Lipinski definition) is 2. The Morgan fingerprint density at radius 3 is 1.57 bits per heavy atom. The summed E-state index contributed by atoms with van der Waals surface area (Å²) in [6, 6.07) is -0.194. The molecular weight excluding hydrogens is 180 g/mol. The van der Waals surface area contributed by atoms with E-state index in [1.54, 1.807) is 0 Å². The normalized spacial score (nSPS) is 38.6. The second-order valence-electron chi connectivity index (χ2n) is 3.72. The Labute approximate surface area is 85.9 Å². The van der Waals surface area contributed by atoms with Gasteiger partial charge in [0.15, 0.2) is 0 Å². The van der Waals surface area contributed by atoms with Crippen LogP contribution in [0.15, 0.2) is 0 Å². The fraction of sp³-hybridized carbons (Fsp3) is 1.00. The summed E-state index contributed by atoms with van der Waals surface area (Å²) in [7, 11) is 0. The zero-order chi connectivity index (χ0) is 10.6. The predicted octanol–water partition coefficient (Wildman–Crippen LogP) is 0.245. The molecule has 0 aromatic carbocycles. The molecule has 1 fully saturated rings. The highest BCUT2D eigenvalue weighted by Gasteiger charge is 2.35. The topological polar surface area (TPSA) is 70.5 Å². The Balaban J connectivity index is 2.46. The highest BCUT2D eigenvalue weighted by atomic mass is 16.5. The van der Waals surface area contributed by atoms with Gasteiger partial charge in [-0.1, -0.05) is 0 Å². The summed E-state index contributed by atoms with van der Waals surface area (Å²) in [5.41, 5.74) is 12.0. The van der Waals surface area contributed by atoms with Crippen LogP contribution in [0.4, 0.5) is 0 Å². The van der Waals surface area contributed by atoms with E-state index in [-0.39, 0.29) is 24.3 Å². The monoisotopic (exact) mass is 202 g/mol. The quantitative estimate of drug-likeness (QED) is 0.685. The van der Waals surface area contributed by atoms with E-state index in [9.17, 15) is 0 Å². The van der Waals surface area contributed by atoms with Crippen LogP contribution in [-0.4, -0.2) is 37.5 Å². The Bertz CT molecular complexity index is 148. The van der Waals surface area contributed by atoms with Gasteiger partial charge in [-0.3, -0.25) is 0 Å². The first kappa shape index (κ1) is 11.9. The Kier molecular flexibility index (Phi) is 4.81. The number of rotatable bonds is 4. The lowest BCUT2D eigenvalue weighted by Crippen LogP contribution is -2.59. The third kappa shape index (κ3) is 2.67. The number of ether oxygens (including phenoxy) is 2. The van der Waals surface area contributed by atoms with Crippen LogP contribution in [0, 0.1) is 0 Å². The van der Waals surface area contributed by atoms with Crippen molar-refractivity contribution in [1.29, 1.82) is 0 Å². The van der Waals surface area contributed by atoms with Crippen molar-refractivity contribution >= 4 is 0 Å². The Hall–Kier alpha value is -0.160. The van der Waals surface area contributed by atoms with Gasteiger partial charge in [-0.15, -0.1) is 0 Å². The van der Waals surface area contributed by atoms with Gasteiger partial charge >= 0.3 is 0 Å². The van der Waals surface area contributed by atoms with Crippen molar-refractivity contribution in [3.8, 4) is 0 Å². The first-order valence-corrected chi connectivity index (χ1v) is 5.45. The largest absolute Gasteiger partial charge is 0.377 e. The minimum atomic E-state index is -0.0970. The molecule has 84 valence electrons. The third-order valence-electron chi connectivity index (χ3n) is 2.80. The van der Waals surface area contributed by atoms with Gasteiger partial charge in [0.1, 0.15) is 0 Å². The molecule has 0 radical (unpaired) electrons. The van der Waals surface area contributed by atoms with E-state index < -0.39 is 0 Å². The average molecular weight is 202 g/mol. The maximum Gasteiger partial charge on any atom is 0.0742 e. The highest BCUT2D eigenvalue weighted by Crippen LogP contribution is 2.22. The molecule has 4 N–H and O–H groups in total. The number of nitrogens with two attached hydrogens (primary N) is 2. The molecule has 4 nitrogen and oxygen atoms in total. The molecule has 4 atom stereocenters. The summed E-state index contributed by atoms with van der Waals surface area (Å²) in [4.78, 5) is 0. The van der Waals surface area contributed by atoms with Crippen molar-refractivity contribution in [3.63, 3.8) is 0 Å². The van der Waals surface area contributed by atoms with Gasteiger partial charge in [0.05, 0.1) is 12.2 Å². The van der Waals surface area contributed by atoms with E-state index >= 15 is 0 Å². The zero-order valence-electron chi connectivity index (χ0n) is 9.11. The smallest absolute Gasteiger partial charge is 0.0742 e. The molecule has 0 heterocycles. The lowest BCUT2D eigenvalue weighted by atomic mass is 9.86. The molecule has 1 rings (SSSR count). The standard InChI is InChI=1S/C10H22N2O2/c1-3-13-7-5-6-8(14-4-2)10(12)9(7)11/h7-10H,3-6,11-12H2,1-2H3/t7-,8+,9-,10-/m1/s1. The van der Waals surface area contributed by atoms with Crippen LogP contribution in [0.1, 0.15) is 26.7 Å². The zero-order valence-corrected chi connectivity index (χ0v) is 9.11. The van der Waals surface area contributed by atoms with E-state index in [1.165, 1.54) is 0 Å². The minimum absolute atomic E-state index is 0.0970. The highest BCUT2D eigenvalue weighted by molar-refractivity contribution is 4.94. The van der Waals surface area contributed by atoms with Crippen molar-refractivity contribution in [2.75, 3.05) is 13.2 Å². The van der Waals surface area contributed by atoms with E-state index in [0.29, 0.717) is 13.2 Å². The summed E-state index contributed by atoms with van der Waals surface area (Å²) in [5.74, 6) is 0. The molecule has 0 aromatic rings. The molecule has 4 heteroatoms. The van der Waals surface area contributed by atoms with E-state index in [1.807, 2.05) is 13.8 Å². The molecule has 0 unspecified atom stereocenters. The van der Waals surface area contributed by atoms with Crippen molar-refractivity contribution in [1.82, 2.24) is 0 Å². The van der Waals surface area contributed by atoms with Crippen molar-refractivity contribution in [2.24, 2.45) is 11.5 Å². The maximum atomic E-state index is 6.00. The number of hydrogen-bond acceptors (Lipinski definition) is 4. The van der Waals surface area contributed by atoms with Crippen LogP contribution >= 0.6 is 0 Å². The fourth-order valence-electron chi connectivity index (χ4n) is 2.03. The molecule has 0 bridgehead atoms. The molecule has 1 saturated carbocycles. The van der Waals surface area contributed by atoms with Gasteiger partial charge < -0.3 is 20.9 Å². The first-order chi connectivity index (χ1) is 6.70. The molecule has 0 saturated heterocycles. The Morgan fingerprint density at radius 2 is 1.29 bits per heavy atom. The molecule has 1 aliphatic carbocycles. The second-order valence-corrected chi connectivity index (χ2v) is 3.72. The van der Waals surface area contributed by atoms with Gasteiger partial charge in [0.25, 0.3) is 0 Å². The van der Waals surface area contributed by atoms with Crippen LogP contribution in [0.3, 0.4) is 0 Å². The van der Waals surface area contributed by atoms with E-state index in [4.69, 9.17) is 20.9 Å². The predicted molar refractivity (Wildman–Crippen MR) is 56.0 cm³/mol. The molecule has 14 heavy (non-hydrogen) atoms. The van der Waals surface area contributed by atoms with Crippen LogP contribution in [0.2, 0.25) is 0 Å². The van der Waals surface area contributed by atoms with Crippen molar-refractivity contribution in [3.05, 3.63) is 0 Å². The second kappa shape index (κ2) is 5.66. The lowest BCUT2D eigenvalue weighted by molar-refractivity contribution is -0.0473. The first-order valence-electron chi connectivity index (χ1n) is 5.45. The summed E-state index contributed by atoms with van der Waals surface area (Å²) in [5, 5.41) is 0. The summed E-state index contributed by atoms with van der Waals surface area (Å²) >= 11 is 0. The molecular formula is C10H22N2O2. The van der Waals surface area contributed by atoms with Gasteiger partial charge in [0, 0.05) is 25.3 Å². The van der Waals surface area contributed by atoms with Gasteiger partial charge in [0.2, 0.25) is 0 Å². The van der Waals surface area contributed by atoms with E-state index in [2.05, 4.69) is 0 Å². The van der Waals surface area contributed by atoms with Crippen LogP contribution < -0.4 is 11.5 Å². The SMILES string of the molecule is CCO[C@H]1CC[C@@H](OCC)[C@@H](N)[C@@H]1N. The van der Waals surface area contributed by atoms with Crippen molar-refractivity contribution in [2.45, 2.75) is 51.0 Å². The van der Waals surface area contributed by atoms with E-state index in [0.717, 1.165) is 12.8 Å². The molecule has 0 aromatic heterocycles. The molecule has 0 amide bonds. The van der Waals surface area contributed by atoms with Crippen LogP contribution in [-0.2, 0) is 9.47 Å². The lowest BCUT2D eigenvalue weighted by Gasteiger charge is -2.38. The summed E-state index contributed by atoms with van der Waals surface area (Å²) in [6.45, 7) is 5.36. The van der Waals surface area contributed by atoms with Crippen molar-refractivity contribution < 1.29 is 9.47 Å².